The van der Waals surface area contributed by atoms with Crippen LogP contribution in [0.2, 0.25) is 0 Å². The minimum atomic E-state index is -1.01. The van der Waals surface area contributed by atoms with Gasteiger partial charge in [0.15, 0.2) is 6.10 Å². The van der Waals surface area contributed by atoms with E-state index in [0.717, 1.165) is 43.2 Å². The molecule has 1 aliphatic heterocycles. The quantitative estimate of drug-likeness (QED) is 0.536. The van der Waals surface area contributed by atoms with Gasteiger partial charge in [-0.25, -0.2) is 4.79 Å². The molecule has 1 heterocycles. The van der Waals surface area contributed by atoms with Crippen LogP contribution in [0.25, 0.3) is 0 Å². The van der Waals surface area contributed by atoms with Gasteiger partial charge >= 0.3 is 5.97 Å². The maximum atomic E-state index is 12.9. The number of carbonyl (C=O) groups is 4. The summed E-state index contributed by atoms with van der Waals surface area (Å²) in [6.07, 6.45) is 3.74. The molecule has 2 aromatic carbocycles. The molecule has 1 atom stereocenters. The van der Waals surface area contributed by atoms with E-state index in [2.05, 4.69) is 5.32 Å². The Morgan fingerprint density at radius 2 is 1.67 bits per heavy atom. The third-order valence-electron chi connectivity index (χ3n) is 6.33. The normalized spacial score (nSPS) is 17.0. The Hall–Kier alpha value is -3.48. The van der Waals surface area contributed by atoms with Crippen molar-refractivity contribution in [3.8, 4) is 0 Å². The Morgan fingerprint density at radius 3 is 2.36 bits per heavy atom. The zero-order chi connectivity index (χ0) is 23.5. The highest BCUT2D eigenvalue weighted by molar-refractivity contribution is 6.22. The van der Waals surface area contributed by atoms with Crippen LogP contribution in [0.15, 0.2) is 42.5 Å². The standard InChI is InChI=1S/C26H28N2O5/c1-16-8-10-18(11-9-16)15-27-23(29)17(2)33-26(32)19-12-13-21-22(14-19)25(31)28(24(21)30)20-6-4-3-5-7-20/h8-14,17,20H,3-7,15H2,1-2H3,(H,27,29). The van der Waals surface area contributed by atoms with Gasteiger partial charge in [-0.15, -0.1) is 0 Å². The highest BCUT2D eigenvalue weighted by Crippen LogP contribution is 2.31. The van der Waals surface area contributed by atoms with E-state index in [1.54, 1.807) is 0 Å². The Balaban J connectivity index is 1.39. The molecule has 2 aliphatic rings. The van der Waals surface area contributed by atoms with Crippen molar-refractivity contribution in [2.24, 2.45) is 0 Å². The summed E-state index contributed by atoms with van der Waals surface area (Å²) in [4.78, 5) is 52.1. The second kappa shape index (κ2) is 9.57. The first-order chi connectivity index (χ1) is 15.8. The van der Waals surface area contributed by atoms with Gasteiger partial charge in [0, 0.05) is 12.6 Å². The average molecular weight is 449 g/mol. The van der Waals surface area contributed by atoms with Crippen LogP contribution in [0.5, 0.6) is 0 Å². The number of benzene rings is 2. The van der Waals surface area contributed by atoms with E-state index in [0.29, 0.717) is 12.1 Å². The van der Waals surface area contributed by atoms with Crippen molar-refractivity contribution >= 4 is 23.7 Å². The average Bonchev–Trinajstić information content (AvgIpc) is 3.08. The molecular formula is C26H28N2O5. The van der Waals surface area contributed by atoms with Crippen molar-refractivity contribution in [3.05, 3.63) is 70.3 Å². The fraction of sp³-hybridized carbons (Fsp3) is 0.385. The number of nitrogens with zero attached hydrogens (tertiary/aromatic N) is 1. The van der Waals surface area contributed by atoms with Crippen LogP contribution in [-0.2, 0) is 16.1 Å². The number of fused-ring (bicyclic) bond motifs is 1. The molecule has 0 saturated heterocycles. The summed E-state index contributed by atoms with van der Waals surface area (Å²) >= 11 is 0. The molecule has 3 amide bonds. The monoisotopic (exact) mass is 448 g/mol. The number of hydrogen-bond donors (Lipinski definition) is 1. The van der Waals surface area contributed by atoms with Gasteiger partial charge in [0.2, 0.25) is 0 Å². The summed E-state index contributed by atoms with van der Waals surface area (Å²) < 4.78 is 5.31. The molecule has 0 bridgehead atoms. The molecule has 4 rings (SSSR count). The summed E-state index contributed by atoms with van der Waals surface area (Å²) in [5.74, 6) is -1.79. The SMILES string of the molecule is Cc1ccc(CNC(=O)C(C)OC(=O)c2ccc3c(c2)C(=O)N(C2CCCCC2)C3=O)cc1. The minimum absolute atomic E-state index is 0.0844. The van der Waals surface area contributed by atoms with Crippen LogP contribution in [0.4, 0.5) is 0 Å². The van der Waals surface area contributed by atoms with Crippen molar-refractivity contribution in [3.63, 3.8) is 0 Å². The number of esters is 1. The Labute approximate surface area is 193 Å². The number of aryl methyl sites for hydroxylation is 1. The van der Waals surface area contributed by atoms with Crippen molar-refractivity contribution < 1.29 is 23.9 Å². The van der Waals surface area contributed by atoms with Crippen LogP contribution < -0.4 is 5.32 Å². The first kappa shape index (κ1) is 22.7. The number of imide groups is 1. The number of hydrogen-bond acceptors (Lipinski definition) is 5. The molecule has 1 unspecified atom stereocenters. The van der Waals surface area contributed by atoms with Crippen LogP contribution in [-0.4, -0.2) is 40.7 Å². The molecule has 1 aliphatic carbocycles. The Bertz CT molecular complexity index is 1090. The molecule has 0 aromatic heterocycles. The second-order valence-corrected chi connectivity index (χ2v) is 8.78. The van der Waals surface area contributed by atoms with Crippen molar-refractivity contribution in [2.45, 2.75) is 64.6 Å². The molecule has 1 N–H and O–H groups in total. The highest BCUT2D eigenvalue weighted by atomic mass is 16.5. The molecule has 2 aromatic rings. The summed E-state index contributed by atoms with van der Waals surface area (Å²) in [6.45, 7) is 3.81. The lowest BCUT2D eigenvalue weighted by atomic mass is 9.94. The number of ether oxygens (including phenoxy) is 1. The van der Waals surface area contributed by atoms with Crippen molar-refractivity contribution in [1.82, 2.24) is 10.2 Å². The van der Waals surface area contributed by atoms with Crippen molar-refractivity contribution in [1.29, 1.82) is 0 Å². The van der Waals surface area contributed by atoms with Gasteiger partial charge in [0.1, 0.15) is 0 Å². The lowest BCUT2D eigenvalue weighted by Crippen LogP contribution is -2.40. The Morgan fingerprint density at radius 1 is 1.00 bits per heavy atom. The van der Waals surface area contributed by atoms with E-state index >= 15 is 0 Å². The number of nitrogens with one attached hydrogen (secondary N) is 1. The summed E-state index contributed by atoms with van der Waals surface area (Å²) in [5, 5.41) is 2.75. The molecule has 1 fully saturated rings. The molecule has 7 nitrogen and oxygen atoms in total. The number of amides is 3. The van der Waals surface area contributed by atoms with E-state index in [1.165, 1.54) is 30.0 Å². The number of carbonyl (C=O) groups excluding carboxylic acids is 4. The Kier molecular flexibility index (Phi) is 6.58. The summed E-state index contributed by atoms with van der Waals surface area (Å²) in [7, 11) is 0. The molecule has 1 saturated carbocycles. The van der Waals surface area contributed by atoms with Gasteiger partial charge < -0.3 is 10.1 Å². The highest BCUT2D eigenvalue weighted by Gasteiger charge is 2.40. The van der Waals surface area contributed by atoms with Gasteiger partial charge in [0.25, 0.3) is 17.7 Å². The predicted molar refractivity (Wildman–Crippen MR) is 122 cm³/mol. The predicted octanol–water partition coefficient (Wildman–Crippen LogP) is 3.79. The molecule has 0 radical (unpaired) electrons. The fourth-order valence-corrected chi connectivity index (χ4v) is 4.38. The topological polar surface area (TPSA) is 92.8 Å². The van der Waals surface area contributed by atoms with E-state index in [4.69, 9.17) is 4.74 Å². The first-order valence-electron chi connectivity index (χ1n) is 11.4. The zero-order valence-corrected chi connectivity index (χ0v) is 18.9. The zero-order valence-electron chi connectivity index (χ0n) is 18.9. The van der Waals surface area contributed by atoms with Crippen LogP contribution >= 0.6 is 0 Å². The van der Waals surface area contributed by atoms with Gasteiger partial charge in [0.05, 0.1) is 16.7 Å². The lowest BCUT2D eigenvalue weighted by molar-refractivity contribution is -0.129. The molecule has 7 heteroatoms. The lowest BCUT2D eigenvalue weighted by Gasteiger charge is -2.29. The molecule has 0 spiro atoms. The molecule has 172 valence electrons. The fourth-order valence-electron chi connectivity index (χ4n) is 4.38. The summed E-state index contributed by atoms with van der Waals surface area (Å²) in [5.41, 5.74) is 2.74. The largest absolute Gasteiger partial charge is 0.449 e. The van der Waals surface area contributed by atoms with E-state index in [1.807, 2.05) is 31.2 Å². The van der Waals surface area contributed by atoms with Gasteiger partial charge in [-0.1, -0.05) is 49.1 Å². The third-order valence-corrected chi connectivity index (χ3v) is 6.33. The van der Waals surface area contributed by atoms with E-state index in [9.17, 15) is 19.2 Å². The van der Waals surface area contributed by atoms with Gasteiger partial charge in [-0.2, -0.15) is 0 Å². The van der Waals surface area contributed by atoms with E-state index < -0.39 is 18.0 Å². The smallest absolute Gasteiger partial charge is 0.338 e. The van der Waals surface area contributed by atoms with Crippen molar-refractivity contribution in [2.75, 3.05) is 0 Å². The van der Waals surface area contributed by atoms with Gasteiger partial charge in [-0.05, 0) is 50.5 Å². The third kappa shape index (κ3) is 4.82. The maximum Gasteiger partial charge on any atom is 0.338 e. The minimum Gasteiger partial charge on any atom is -0.449 e. The second-order valence-electron chi connectivity index (χ2n) is 8.78. The van der Waals surface area contributed by atoms with Crippen LogP contribution in [0.3, 0.4) is 0 Å². The van der Waals surface area contributed by atoms with E-state index in [-0.39, 0.29) is 29.0 Å². The molecule has 33 heavy (non-hydrogen) atoms. The number of rotatable bonds is 6. The van der Waals surface area contributed by atoms with Crippen LogP contribution in [0, 0.1) is 6.92 Å². The summed E-state index contributed by atoms with van der Waals surface area (Å²) in [6, 6.07) is 12.0. The first-order valence-corrected chi connectivity index (χ1v) is 11.4. The maximum absolute atomic E-state index is 12.9. The van der Waals surface area contributed by atoms with Crippen LogP contribution in [0.1, 0.15) is 81.2 Å². The van der Waals surface area contributed by atoms with Gasteiger partial charge in [-0.3, -0.25) is 19.3 Å². The molecular weight excluding hydrogens is 420 g/mol.